The molecule has 0 spiro atoms. The Kier molecular flexibility index (Phi) is 2.56. The van der Waals surface area contributed by atoms with Crippen LogP contribution in [0.1, 0.15) is 5.82 Å². The fourth-order valence-electron chi connectivity index (χ4n) is 2.02. The molecule has 2 N–H and O–H groups in total. The number of benzene rings is 1. The number of aryl methyl sites for hydroxylation is 1. The highest BCUT2D eigenvalue weighted by molar-refractivity contribution is 5.86. The molecule has 0 amide bonds. The first-order chi connectivity index (χ1) is 9.20. The van der Waals surface area contributed by atoms with E-state index in [2.05, 4.69) is 15.1 Å². The van der Waals surface area contributed by atoms with Gasteiger partial charge in [-0.1, -0.05) is 12.1 Å². The molecule has 0 atom stereocenters. The van der Waals surface area contributed by atoms with Crippen LogP contribution in [-0.4, -0.2) is 26.9 Å². The lowest BCUT2D eigenvalue weighted by Gasteiger charge is -2.08. The lowest BCUT2D eigenvalue weighted by Crippen LogP contribution is -2.03. The van der Waals surface area contributed by atoms with Gasteiger partial charge >= 0.3 is 0 Å². The van der Waals surface area contributed by atoms with Crippen LogP contribution in [0.2, 0.25) is 0 Å². The summed E-state index contributed by atoms with van der Waals surface area (Å²) in [6.07, 6.45) is 1.66. The normalized spacial score (nSPS) is 10.8. The first-order valence-corrected chi connectivity index (χ1v) is 5.82. The van der Waals surface area contributed by atoms with Crippen molar-refractivity contribution in [2.45, 2.75) is 6.92 Å². The smallest absolute Gasteiger partial charge is 0.168 e. The average molecular weight is 255 g/mol. The molecule has 0 unspecified atom stereocenters. The van der Waals surface area contributed by atoms with Gasteiger partial charge in [0.2, 0.25) is 0 Å². The molecule has 6 nitrogen and oxygen atoms in total. The van der Waals surface area contributed by atoms with Crippen molar-refractivity contribution in [2.75, 3.05) is 12.8 Å². The van der Waals surface area contributed by atoms with Gasteiger partial charge in [0.1, 0.15) is 23.1 Å². The average Bonchev–Trinajstić information content (AvgIpc) is 2.82. The van der Waals surface area contributed by atoms with Gasteiger partial charge in [-0.15, -0.1) is 0 Å². The Morgan fingerprint density at radius 1 is 1.21 bits per heavy atom. The lowest BCUT2D eigenvalue weighted by atomic mass is 10.3. The van der Waals surface area contributed by atoms with Crippen molar-refractivity contribution in [3.05, 3.63) is 36.3 Å². The number of fused-ring (bicyclic) bond motifs is 1. The Bertz CT molecular complexity index is 750. The van der Waals surface area contributed by atoms with E-state index < -0.39 is 0 Å². The molecule has 0 aliphatic rings. The molecule has 0 aliphatic carbocycles. The van der Waals surface area contributed by atoms with Crippen molar-refractivity contribution < 1.29 is 4.74 Å². The summed E-state index contributed by atoms with van der Waals surface area (Å²) in [5.41, 5.74) is 7.38. The summed E-state index contributed by atoms with van der Waals surface area (Å²) in [6.45, 7) is 1.80. The van der Waals surface area contributed by atoms with E-state index in [1.54, 1.807) is 24.9 Å². The molecule has 0 radical (unpaired) electrons. The maximum atomic E-state index is 5.88. The third-order valence-electron chi connectivity index (χ3n) is 2.88. The summed E-state index contributed by atoms with van der Waals surface area (Å²) in [5.74, 6) is 1.77. The zero-order valence-corrected chi connectivity index (χ0v) is 10.7. The molecule has 0 saturated heterocycles. The van der Waals surface area contributed by atoms with E-state index in [0.717, 1.165) is 16.8 Å². The number of nitrogens with zero attached hydrogens (tertiary/aromatic N) is 4. The predicted octanol–water partition coefficient (Wildman–Crippen LogP) is 1.71. The summed E-state index contributed by atoms with van der Waals surface area (Å²) in [6, 6.07) is 7.62. The SMILES string of the molecule is COc1ccccc1-n1ncc2c(N)nc(C)nc21. The summed E-state index contributed by atoms with van der Waals surface area (Å²) >= 11 is 0. The maximum Gasteiger partial charge on any atom is 0.168 e. The minimum atomic E-state index is 0.434. The molecule has 96 valence electrons. The van der Waals surface area contributed by atoms with Crippen molar-refractivity contribution in [2.24, 2.45) is 0 Å². The van der Waals surface area contributed by atoms with E-state index in [1.807, 2.05) is 24.3 Å². The first-order valence-electron chi connectivity index (χ1n) is 5.82. The number of hydrogen-bond acceptors (Lipinski definition) is 5. The largest absolute Gasteiger partial charge is 0.494 e. The molecule has 2 aromatic heterocycles. The number of aromatic nitrogens is 4. The van der Waals surface area contributed by atoms with Crippen LogP contribution in [0.4, 0.5) is 5.82 Å². The van der Waals surface area contributed by atoms with Crippen LogP contribution in [0.15, 0.2) is 30.5 Å². The molecule has 2 heterocycles. The van der Waals surface area contributed by atoms with Crippen molar-refractivity contribution in [1.29, 1.82) is 0 Å². The standard InChI is InChI=1S/C13H13N5O/c1-8-16-12(14)9-7-15-18(13(9)17-8)10-5-3-4-6-11(10)19-2/h3-7H,1-2H3,(H2,14,16,17). The maximum absolute atomic E-state index is 5.88. The Labute approximate surface area is 109 Å². The van der Waals surface area contributed by atoms with E-state index in [0.29, 0.717) is 17.3 Å². The van der Waals surface area contributed by atoms with Crippen molar-refractivity contribution in [1.82, 2.24) is 19.7 Å². The molecule has 0 bridgehead atoms. The Balaban J connectivity index is 2.31. The van der Waals surface area contributed by atoms with Gasteiger partial charge < -0.3 is 10.5 Å². The van der Waals surface area contributed by atoms with E-state index in [1.165, 1.54) is 0 Å². The van der Waals surface area contributed by atoms with Crippen molar-refractivity contribution in [3.63, 3.8) is 0 Å². The van der Waals surface area contributed by atoms with Gasteiger partial charge in [0.25, 0.3) is 0 Å². The molecule has 6 heteroatoms. The second-order valence-electron chi connectivity index (χ2n) is 4.12. The number of methoxy groups -OCH3 is 1. The van der Waals surface area contributed by atoms with Crippen LogP contribution < -0.4 is 10.5 Å². The third-order valence-corrected chi connectivity index (χ3v) is 2.88. The number of para-hydroxylation sites is 2. The molecule has 0 saturated carbocycles. The number of anilines is 1. The van der Waals surface area contributed by atoms with Gasteiger partial charge in [0.15, 0.2) is 5.65 Å². The summed E-state index contributed by atoms with van der Waals surface area (Å²) in [7, 11) is 1.62. The number of nitrogen functional groups attached to an aromatic ring is 1. The van der Waals surface area contributed by atoms with E-state index in [-0.39, 0.29) is 0 Å². The van der Waals surface area contributed by atoms with Crippen molar-refractivity contribution in [3.8, 4) is 11.4 Å². The van der Waals surface area contributed by atoms with Crippen LogP contribution in [0.3, 0.4) is 0 Å². The van der Waals surface area contributed by atoms with Gasteiger partial charge in [0, 0.05) is 0 Å². The van der Waals surface area contributed by atoms with Crippen LogP contribution >= 0.6 is 0 Å². The van der Waals surface area contributed by atoms with E-state index >= 15 is 0 Å². The van der Waals surface area contributed by atoms with Crippen LogP contribution in [0.5, 0.6) is 5.75 Å². The topological polar surface area (TPSA) is 78.9 Å². The number of hydrogen-bond donors (Lipinski definition) is 1. The Morgan fingerprint density at radius 2 is 2.00 bits per heavy atom. The quantitative estimate of drug-likeness (QED) is 0.754. The molecule has 3 rings (SSSR count). The fourth-order valence-corrected chi connectivity index (χ4v) is 2.02. The molecular formula is C13H13N5O. The van der Waals surface area contributed by atoms with Crippen LogP contribution in [0, 0.1) is 6.92 Å². The van der Waals surface area contributed by atoms with Gasteiger partial charge in [-0.2, -0.15) is 5.10 Å². The van der Waals surface area contributed by atoms with Gasteiger partial charge in [-0.3, -0.25) is 0 Å². The Morgan fingerprint density at radius 3 is 2.79 bits per heavy atom. The fraction of sp³-hybridized carbons (Fsp3) is 0.154. The van der Waals surface area contributed by atoms with Crippen LogP contribution in [0.25, 0.3) is 16.7 Å². The summed E-state index contributed by atoms with van der Waals surface area (Å²) in [5, 5.41) is 5.06. The second-order valence-corrected chi connectivity index (χ2v) is 4.12. The highest BCUT2D eigenvalue weighted by Gasteiger charge is 2.13. The second kappa shape index (κ2) is 4.24. The lowest BCUT2D eigenvalue weighted by molar-refractivity contribution is 0.412. The van der Waals surface area contributed by atoms with E-state index in [9.17, 15) is 0 Å². The zero-order chi connectivity index (χ0) is 13.4. The molecule has 1 aromatic carbocycles. The minimum absolute atomic E-state index is 0.434. The molecular weight excluding hydrogens is 242 g/mol. The molecule has 0 aliphatic heterocycles. The zero-order valence-electron chi connectivity index (χ0n) is 10.7. The molecule has 3 aromatic rings. The summed E-state index contributed by atoms with van der Waals surface area (Å²) in [4.78, 5) is 8.54. The van der Waals surface area contributed by atoms with Crippen molar-refractivity contribution >= 4 is 16.9 Å². The van der Waals surface area contributed by atoms with Gasteiger partial charge in [0.05, 0.1) is 18.7 Å². The minimum Gasteiger partial charge on any atom is -0.494 e. The highest BCUT2D eigenvalue weighted by Crippen LogP contribution is 2.26. The monoisotopic (exact) mass is 255 g/mol. The first kappa shape index (κ1) is 11.5. The Hall–Kier alpha value is -2.63. The third kappa shape index (κ3) is 1.77. The van der Waals surface area contributed by atoms with E-state index in [4.69, 9.17) is 10.5 Å². The van der Waals surface area contributed by atoms with Crippen LogP contribution in [-0.2, 0) is 0 Å². The van der Waals surface area contributed by atoms with Gasteiger partial charge in [-0.25, -0.2) is 14.6 Å². The number of nitrogens with two attached hydrogens (primary N) is 1. The number of ether oxygens (including phenoxy) is 1. The van der Waals surface area contributed by atoms with Gasteiger partial charge in [-0.05, 0) is 19.1 Å². The number of rotatable bonds is 2. The summed E-state index contributed by atoms with van der Waals surface area (Å²) < 4.78 is 7.05. The molecule has 19 heavy (non-hydrogen) atoms. The molecule has 0 fully saturated rings. The highest BCUT2D eigenvalue weighted by atomic mass is 16.5. The predicted molar refractivity (Wildman–Crippen MR) is 72.4 cm³/mol.